The monoisotopic (exact) mass is 1100 g/mol. The molecule has 0 radical (unpaired) electrons. The summed E-state index contributed by atoms with van der Waals surface area (Å²) in [5.74, 6) is -1.74. The highest BCUT2D eigenvalue weighted by Crippen LogP contribution is 2.42. The number of nitrogens with one attached hydrogen (secondary N) is 3. The number of allylic oxidation sites excluding steroid dienone is 2. The number of halogens is 2. The van der Waals surface area contributed by atoms with Crippen molar-refractivity contribution in [1.29, 1.82) is 5.26 Å². The molecule has 9 rings (SSSR count). The molecule has 0 spiro atoms. The zero-order valence-electron chi connectivity index (χ0n) is 45.7. The number of amides is 4. The van der Waals surface area contributed by atoms with Crippen LogP contribution in [0.15, 0.2) is 65.6 Å². The first kappa shape index (κ1) is 57.2. The molecule has 0 saturated carbocycles. The van der Waals surface area contributed by atoms with Crippen molar-refractivity contribution < 1.29 is 32.8 Å². The van der Waals surface area contributed by atoms with Crippen LogP contribution in [-0.4, -0.2) is 153 Å². The molecular weight excluding hydrogens is 1030 g/mol. The minimum Gasteiger partial charge on any atom is -0.382 e. The van der Waals surface area contributed by atoms with Crippen LogP contribution in [0.1, 0.15) is 112 Å². The first-order chi connectivity index (χ1) is 38.2. The molecule has 3 saturated heterocycles. The third-order valence-corrected chi connectivity index (χ3v) is 18.0. The van der Waals surface area contributed by atoms with Crippen molar-refractivity contribution in [2.24, 2.45) is 22.7 Å². The molecule has 2 bridgehead atoms. The maximum absolute atomic E-state index is 14.8. The molecular formula is C58H75F2N13O5S. The van der Waals surface area contributed by atoms with Gasteiger partial charge in [0.05, 0.1) is 47.5 Å². The molecule has 7 atom stereocenters. The Kier molecular flexibility index (Phi) is 19.0. The number of likely N-dealkylation sites (tertiary alicyclic amines) is 2. The number of carbonyl (C=O) groups excluding carboxylic acids is 5. The number of hydrogen-bond acceptors (Lipinski definition) is 14. The van der Waals surface area contributed by atoms with E-state index >= 15 is 0 Å². The number of Topliss-reactive ketones (excluding diaryl/α,β-unsaturated/α-hetero) is 1. The highest BCUT2D eigenvalue weighted by molar-refractivity contribution is 8.14. The fourth-order valence-corrected chi connectivity index (χ4v) is 13.5. The normalized spacial score (nSPS) is 23.1. The Morgan fingerprint density at radius 1 is 0.962 bits per heavy atom. The fraction of sp³-hybridized carbons (Fsp3) is 0.569. The van der Waals surface area contributed by atoms with Gasteiger partial charge >= 0.3 is 0 Å². The first-order valence-corrected chi connectivity index (χ1v) is 29.3. The quantitative estimate of drug-likeness (QED) is 0.0734. The Balaban J connectivity index is 0.708. The van der Waals surface area contributed by atoms with Gasteiger partial charge in [0.25, 0.3) is 0 Å². The average Bonchev–Trinajstić information content (AvgIpc) is 4.36. The van der Waals surface area contributed by atoms with Crippen LogP contribution < -0.4 is 26.6 Å². The highest BCUT2D eigenvalue weighted by Gasteiger charge is 2.44. The zero-order chi connectivity index (χ0) is 55.7. The summed E-state index contributed by atoms with van der Waals surface area (Å²) in [6.45, 7) is 6.23. The maximum atomic E-state index is 14.8. The molecule has 1 aromatic carbocycles. The van der Waals surface area contributed by atoms with E-state index in [9.17, 15) is 38.0 Å². The van der Waals surface area contributed by atoms with E-state index in [0.29, 0.717) is 64.8 Å². The van der Waals surface area contributed by atoms with Gasteiger partial charge in [-0.15, -0.1) is 11.8 Å². The summed E-state index contributed by atoms with van der Waals surface area (Å²) in [6, 6.07) is 7.61. The summed E-state index contributed by atoms with van der Waals surface area (Å²) < 4.78 is 29.9. The van der Waals surface area contributed by atoms with Gasteiger partial charge in [0.1, 0.15) is 41.3 Å². The van der Waals surface area contributed by atoms with Crippen LogP contribution in [0.2, 0.25) is 0 Å². The van der Waals surface area contributed by atoms with E-state index < -0.39 is 35.8 Å². The number of nitrogen functional groups attached to an aromatic ring is 1. The number of fused-ring (bicyclic) bond motifs is 8. The number of hydrogen-bond donors (Lipinski definition) is 4. The van der Waals surface area contributed by atoms with Gasteiger partial charge in [-0.1, -0.05) is 31.8 Å². The summed E-state index contributed by atoms with van der Waals surface area (Å²) in [5.41, 5.74) is 9.59. The smallest absolute Gasteiger partial charge is 0.246 e. The molecule has 422 valence electrons. The Labute approximate surface area is 466 Å². The number of anilines is 2. The summed E-state index contributed by atoms with van der Waals surface area (Å²) in [7, 11) is 3.42. The molecule has 5 aliphatic heterocycles. The molecule has 5 N–H and O–H groups in total. The lowest BCUT2D eigenvalue weighted by atomic mass is 9.80. The van der Waals surface area contributed by atoms with Gasteiger partial charge in [-0.3, -0.25) is 33.6 Å². The Hall–Kier alpha value is -6.50. The lowest BCUT2D eigenvalue weighted by Crippen LogP contribution is -2.58. The van der Waals surface area contributed by atoms with Crippen LogP contribution in [0.5, 0.6) is 0 Å². The number of nitrogens with zero attached hydrogens (tertiary/aromatic N) is 9. The number of aromatic nitrogens is 3. The van der Waals surface area contributed by atoms with E-state index in [0.717, 1.165) is 102 Å². The van der Waals surface area contributed by atoms with Crippen molar-refractivity contribution in [3.63, 3.8) is 0 Å². The maximum Gasteiger partial charge on any atom is 0.246 e. The second kappa shape index (κ2) is 26.2. The van der Waals surface area contributed by atoms with Crippen molar-refractivity contribution in [2.45, 2.75) is 134 Å². The number of pyridine rings is 1. The van der Waals surface area contributed by atoms with Crippen molar-refractivity contribution >= 4 is 57.7 Å². The van der Waals surface area contributed by atoms with E-state index in [-0.39, 0.29) is 72.9 Å². The van der Waals surface area contributed by atoms with E-state index in [1.165, 1.54) is 42.1 Å². The third-order valence-electron chi connectivity index (χ3n) is 16.8. The van der Waals surface area contributed by atoms with Gasteiger partial charge in [-0.2, -0.15) is 10.4 Å². The minimum atomic E-state index is -0.673. The molecule has 3 fully saturated rings. The number of unbranched alkanes of at least 4 members (excludes halogenated alkanes) is 5. The summed E-state index contributed by atoms with van der Waals surface area (Å²) in [6.07, 6.45) is 17.2. The molecule has 1 aliphatic carbocycles. The van der Waals surface area contributed by atoms with Crippen LogP contribution in [0.4, 0.5) is 20.3 Å². The number of nitrogens with two attached hydrogens (primary N) is 1. The number of aliphatic imine (C=N–C) groups is 1. The number of ketones is 1. The lowest BCUT2D eigenvalue weighted by molar-refractivity contribution is -0.138. The Bertz CT molecular complexity index is 2860. The second-order valence-electron chi connectivity index (χ2n) is 22.0. The number of nitriles is 1. The Morgan fingerprint density at radius 2 is 1.71 bits per heavy atom. The van der Waals surface area contributed by atoms with Gasteiger partial charge in [-0.25, -0.2) is 13.8 Å². The van der Waals surface area contributed by atoms with Gasteiger partial charge in [-0.05, 0) is 133 Å². The van der Waals surface area contributed by atoms with Gasteiger partial charge in [0, 0.05) is 73.7 Å². The molecule has 18 nitrogen and oxygen atoms in total. The van der Waals surface area contributed by atoms with Crippen molar-refractivity contribution in [3.05, 3.63) is 83.4 Å². The van der Waals surface area contributed by atoms with Crippen LogP contribution >= 0.6 is 11.8 Å². The lowest BCUT2D eigenvalue weighted by Gasteiger charge is -2.38. The minimum absolute atomic E-state index is 0.0256. The van der Waals surface area contributed by atoms with Crippen molar-refractivity contribution in [3.8, 4) is 17.2 Å². The van der Waals surface area contributed by atoms with Crippen LogP contribution in [-0.2, 0) is 32.3 Å². The third kappa shape index (κ3) is 13.2. The zero-order valence-corrected chi connectivity index (χ0v) is 46.5. The largest absolute Gasteiger partial charge is 0.382 e. The number of thioether (sulfide) groups is 1. The predicted octanol–water partition coefficient (Wildman–Crippen LogP) is 6.17. The van der Waals surface area contributed by atoms with E-state index in [1.807, 2.05) is 11.0 Å². The number of rotatable bonds is 20. The molecule has 3 aromatic rings. The van der Waals surface area contributed by atoms with E-state index in [2.05, 4.69) is 36.8 Å². The van der Waals surface area contributed by atoms with Crippen LogP contribution in [0.25, 0.3) is 11.1 Å². The number of piperidine rings is 1. The van der Waals surface area contributed by atoms with Crippen LogP contribution in [0.3, 0.4) is 0 Å². The topological polar surface area (TPSA) is 227 Å². The van der Waals surface area contributed by atoms with E-state index in [1.54, 1.807) is 48.9 Å². The molecule has 2 aromatic heterocycles. The number of carbonyl (C=O) groups is 5. The van der Waals surface area contributed by atoms with E-state index in [4.69, 9.17) is 15.8 Å². The second-order valence-corrected chi connectivity index (χ2v) is 23.0. The summed E-state index contributed by atoms with van der Waals surface area (Å²) in [4.78, 5) is 85.5. The molecule has 79 heavy (non-hydrogen) atoms. The summed E-state index contributed by atoms with van der Waals surface area (Å²) in [5, 5.41) is 25.3. The average molecular weight is 1100 g/mol. The summed E-state index contributed by atoms with van der Waals surface area (Å²) >= 11 is 1.50. The Morgan fingerprint density at radius 3 is 2.47 bits per heavy atom. The SMILES string of the molecule is CN[C@H](C)C(=O)N[C@@H](C(=O)N1CCC[C@@H]1C1=NC(C(=O)c2ccc(F)cc2)CS1)C1CCN(CCCCCCCCC(=O)NCCn2nc3c(c2C#N)-c2cnc(N)c(c2)N2CCC[C@@H]2C2C=C(F)C=CC2C(=O)N(C)C3)CC1. The van der Waals surface area contributed by atoms with Gasteiger partial charge < -0.3 is 41.3 Å². The molecule has 4 amide bonds. The molecule has 7 heterocycles. The molecule has 6 aliphatic rings. The molecule has 3 unspecified atom stereocenters. The van der Waals surface area contributed by atoms with Gasteiger partial charge in [0.15, 0.2) is 5.78 Å². The highest BCUT2D eigenvalue weighted by atomic mass is 32.2. The number of likely N-dealkylation sites (N-methyl/N-ethyl adjacent to an activating group) is 1. The van der Waals surface area contributed by atoms with Crippen molar-refractivity contribution in [2.75, 3.05) is 69.8 Å². The van der Waals surface area contributed by atoms with Gasteiger partial charge in [0.2, 0.25) is 23.6 Å². The van der Waals surface area contributed by atoms with Crippen LogP contribution in [0, 0.1) is 34.9 Å². The fourth-order valence-electron chi connectivity index (χ4n) is 12.3. The predicted molar refractivity (Wildman–Crippen MR) is 301 cm³/mol. The van der Waals surface area contributed by atoms with Crippen molar-refractivity contribution in [1.82, 2.24) is 45.4 Å². The molecule has 21 heteroatoms. The standard InChI is InChI=1S/C58H75F2N13O5S/c1-36(63-2)55(76)67-52(58(78)72-26-11-13-47(72)56-66-45(35-79-56)53(75)38-15-17-40(59)18-16-38)37-21-27-70(28-22-37)24-9-7-5-4-6-8-14-50(74)64-23-29-73-49(32-61)51-39-30-48(54(62)65-33-39)71-25-10-12-46(71)43-31-41(60)19-20-42(43)57(77)69(3)34-44(51)68-73/h15-20,30-31,33,36-37,42-43,45-47,52,63H,4-14,21-29,34-35H2,1-3H3,(H2,62,65)(H,64,74)(H,67,76)/t36-,42?,43?,45?,46-,47-,52-/m1/s1. The number of benzene rings is 1. The first-order valence-electron chi connectivity index (χ1n) is 28.3.